The smallest absolute Gasteiger partial charge is 0.262 e. The predicted molar refractivity (Wildman–Crippen MR) is 76.1 cm³/mol. The molecule has 0 radical (unpaired) electrons. The van der Waals surface area contributed by atoms with Gasteiger partial charge >= 0.3 is 0 Å². The number of halogens is 1. The first kappa shape index (κ1) is 13.8. The van der Waals surface area contributed by atoms with Crippen LogP contribution in [0.1, 0.15) is 5.56 Å². The fourth-order valence-corrected chi connectivity index (χ4v) is 3.27. The molecule has 2 aromatic rings. The summed E-state index contributed by atoms with van der Waals surface area (Å²) in [6.45, 7) is 1.69. The van der Waals surface area contributed by atoms with Crippen LogP contribution in [0, 0.1) is 6.92 Å². The van der Waals surface area contributed by atoms with E-state index in [1.807, 2.05) is 0 Å². The van der Waals surface area contributed by atoms with Crippen LogP contribution in [0.15, 0.2) is 40.2 Å². The summed E-state index contributed by atoms with van der Waals surface area (Å²) in [5.74, 6) is 0. The number of sulfonamides is 1. The maximum Gasteiger partial charge on any atom is 0.262 e. The highest BCUT2D eigenvalue weighted by Crippen LogP contribution is 2.27. The van der Waals surface area contributed by atoms with Crippen molar-refractivity contribution in [1.82, 2.24) is 9.97 Å². The zero-order valence-electron chi connectivity index (χ0n) is 9.96. The molecular weight excluding hydrogens is 332 g/mol. The van der Waals surface area contributed by atoms with Crippen LogP contribution in [0.5, 0.6) is 0 Å². The molecule has 0 aliphatic heterocycles. The Morgan fingerprint density at radius 2 is 1.89 bits per heavy atom. The molecule has 100 valence electrons. The summed E-state index contributed by atoms with van der Waals surface area (Å²) in [6.07, 6.45) is 4.07. The van der Waals surface area contributed by atoms with Crippen molar-refractivity contribution in [2.75, 3.05) is 10.5 Å². The van der Waals surface area contributed by atoms with Gasteiger partial charge in [0.1, 0.15) is 6.33 Å². The fraction of sp³-hybridized carbons (Fsp3) is 0.0909. The highest BCUT2D eigenvalue weighted by molar-refractivity contribution is 9.10. The van der Waals surface area contributed by atoms with Crippen molar-refractivity contribution in [1.29, 1.82) is 0 Å². The third kappa shape index (κ3) is 3.02. The molecule has 0 aliphatic carbocycles. The summed E-state index contributed by atoms with van der Waals surface area (Å²) in [7, 11) is -3.71. The number of nitrogens with zero attached hydrogens (tertiary/aromatic N) is 2. The molecule has 8 heteroatoms. The molecule has 0 spiro atoms. The van der Waals surface area contributed by atoms with Gasteiger partial charge in [0, 0.05) is 10.2 Å². The third-order valence-corrected chi connectivity index (χ3v) is 4.61. The van der Waals surface area contributed by atoms with Crippen molar-refractivity contribution in [3.8, 4) is 0 Å². The molecule has 2 rings (SSSR count). The monoisotopic (exact) mass is 342 g/mol. The first-order valence-electron chi connectivity index (χ1n) is 5.23. The Morgan fingerprint density at radius 3 is 2.53 bits per heavy atom. The number of hydrogen-bond donors (Lipinski definition) is 2. The van der Waals surface area contributed by atoms with Crippen molar-refractivity contribution in [3.05, 3.63) is 40.9 Å². The number of benzene rings is 1. The summed E-state index contributed by atoms with van der Waals surface area (Å²) in [4.78, 5) is 7.61. The second kappa shape index (κ2) is 5.14. The van der Waals surface area contributed by atoms with Gasteiger partial charge in [-0.15, -0.1) is 0 Å². The van der Waals surface area contributed by atoms with Gasteiger partial charge in [-0.2, -0.15) is 0 Å². The number of nitrogens with two attached hydrogens (primary N) is 1. The van der Waals surface area contributed by atoms with Gasteiger partial charge in [0.25, 0.3) is 10.0 Å². The van der Waals surface area contributed by atoms with Gasteiger partial charge in [-0.1, -0.05) is 0 Å². The maximum absolute atomic E-state index is 12.2. The van der Waals surface area contributed by atoms with E-state index in [9.17, 15) is 8.42 Å². The molecule has 0 aliphatic rings. The summed E-state index contributed by atoms with van der Waals surface area (Å²) < 4.78 is 27.6. The second-order valence-corrected chi connectivity index (χ2v) is 6.38. The lowest BCUT2D eigenvalue weighted by atomic mass is 10.2. The molecule has 1 aromatic heterocycles. The molecule has 0 unspecified atom stereocenters. The minimum Gasteiger partial charge on any atom is -0.398 e. The van der Waals surface area contributed by atoms with Crippen molar-refractivity contribution in [2.45, 2.75) is 11.8 Å². The molecule has 3 N–H and O–H groups in total. The minimum absolute atomic E-state index is 0.122. The molecule has 0 amide bonds. The van der Waals surface area contributed by atoms with Gasteiger partial charge < -0.3 is 5.73 Å². The van der Waals surface area contributed by atoms with E-state index in [4.69, 9.17) is 5.73 Å². The van der Waals surface area contributed by atoms with E-state index < -0.39 is 10.0 Å². The molecule has 1 heterocycles. The lowest BCUT2D eigenvalue weighted by Crippen LogP contribution is -2.15. The standard InChI is InChI=1S/C11H11BrN4O2S/c1-7-2-9(12)10(13)3-11(7)19(17,18)16-8-4-14-6-15-5-8/h2-6,16H,13H2,1H3. The SMILES string of the molecule is Cc1cc(Br)c(N)cc1S(=O)(=O)Nc1cncnc1. The fourth-order valence-electron chi connectivity index (χ4n) is 1.52. The van der Waals surface area contributed by atoms with Gasteiger partial charge in [0.15, 0.2) is 0 Å². The first-order chi connectivity index (χ1) is 8.90. The zero-order valence-corrected chi connectivity index (χ0v) is 12.4. The Hall–Kier alpha value is -1.67. The molecular formula is C11H11BrN4O2S. The van der Waals surface area contributed by atoms with Crippen molar-refractivity contribution in [3.63, 3.8) is 0 Å². The quantitative estimate of drug-likeness (QED) is 0.830. The van der Waals surface area contributed by atoms with Gasteiger partial charge in [-0.25, -0.2) is 18.4 Å². The van der Waals surface area contributed by atoms with Gasteiger partial charge in [-0.3, -0.25) is 4.72 Å². The van der Waals surface area contributed by atoms with Crippen LogP contribution in [0.2, 0.25) is 0 Å². The van der Waals surface area contributed by atoms with Crippen LogP contribution in [-0.2, 0) is 10.0 Å². The Labute approximate surface area is 119 Å². The molecule has 0 fully saturated rings. The Morgan fingerprint density at radius 1 is 1.26 bits per heavy atom. The van der Waals surface area contributed by atoms with Crippen molar-refractivity contribution < 1.29 is 8.42 Å². The predicted octanol–water partition coefficient (Wildman–Crippen LogP) is 1.93. The van der Waals surface area contributed by atoms with Crippen molar-refractivity contribution >= 4 is 37.3 Å². The summed E-state index contributed by atoms with van der Waals surface area (Å²) in [5, 5.41) is 0. The van der Waals surface area contributed by atoms with Crippen LogP contribution in [-0.4, -0.2) is 18.4 Å². The summed E-state index contributed by atoms with van der Waals surface area (Å²) in [5.41, 5.74) is 6.96. The van der Waals surface area contributed by atoms with E-state index in [0.29, 0.717) is 21.4 Å². The van der Waals surface area contributed by atoms with E-state index >= 15 is 0 Å². The average molecular weight is 343 g/mol. The highest BCUT2D eigenvalue weighted by Gasteiger charge is 2.18. The molecule has 1 aromatic carbocycles. The molecule has 0 saturated carbocycles. The summed E-state index contributed by atoms with van der Waals surface area (Å²) >= 11 is 3.25. The number of aryl methyl sites for hydroxylation is 1. The van der Waals surface area contributed by atoms with E-state index in [0.717, 1.165) is 0 Å². The summed E-state index contributed by atoms with van der Waals surface area (Å²) in [6, 6.07) is 3.07. The Kier molecular flexibility index (Phi) is 3.72. The third-order valence-electron chi connectivity index (χ3n) is 2.40. The number of nitrogen functional groups attached to an aromatic ring is 1. The Balaban J connectivity index is 2.43. The topological polar surface area (TPSA) is 98.0 Å². The van der Waals surface area contributed by atoms with E-state index in [1.165, 1.54) is 24.8 Å². The highest BCUT2D eigenvalue weighted by atomic mass is 79.9. The molecule has 0 atom stereocenters. The van der Waals surface area contributed by atoms with Gasteiger partial charge in [-0.05, 0) is 40.5 Å². The molecule has 19 heavy (non-hydrogen) atoms. The molecule has 6 nitrogen and oxygen atoms in total. The van der Waals surface area contributed by atoms with Gasteiger partial charge in [0.05, 0.1) is 23.0 Å². The zero-order chi connectivity index (χ0) is 14.0. The average Bonchev–Trinajstić information content (AvgIpc) is 2.34. The number of hydrogen-bond acceptors (Lipinski definition) is 5. The molecule has 0 saturated heterocycles. The maximum atomic E-state index is 12.2. The lowest BCUT2D eigenvalue weighted by Gasteiger charge is -2.11. The number of nitrogens with one attached hydrogen (secondary N) is 1. The van der Waals surface area contributed by atoms with Gasteiger partial charge in [0.2, 0.25) is 0 Å². The van der Waals surface area contributed by atoms with Crippen LogP contribution >= 0.6 is 15.9 Å². The lowest BCUT2D eigenvalue weighted by molar-refractivity contribution is 0.600. The Bertz CT molecular complexity index is 704. The second-order valence-electron chi connectivity index (χ2n) is 3.87. The van der Waals surface area contributed by atoms with E-state index in [2.05, 4.69) is 30.6 Å². The van der Waals surface area contributed by atoms with Crippen molar-refractivity contribution in [2.24, 2.45) is 0 Å². The van der Waals surface area contributed by atoms with Crippen LogP contribution in [0.25, 0.3) is 0 Å². The normalized spacial score (nSPS) is 11.3. The number of aromatic nitrogens is 2. The first-order valence-corrected chi connectivity index (χ1v) is 7.51. The van der Waals surface area contributed by atoms with Crippen LogP contribution in [0.4, 0.5) is 11.4 Å². The van der Waals surface area contributed by atoms with Crippen LogP contribution in [0.3, 0.4) is 0 Å². The minimum atomic E-state index is -3.71. The number of anilines is 2. The largest absolute Gasteiger partial charge is 0.398 e. The van der Waals surface area contributed by atoms with Crippen LogP contribution < -0.4 is 10.5 Å². The number of rotatable bonds is 3. The molecule has 0 bridgehead atoms. The van der Waals surface area contributed by atoms with E-state index in [1.54, 1.807) is 13.0 Å². The van der Waals surface area contributed by atoms with E-state index in [-0.39, 0.29) is 4.90 Å².